The SMILES string of the molecule is Cc1[nH]nc2c1N=C(c1ccccc1Cl)c1cc(F)c(O)cc1N2. The molecule has 4 rings (SSSR count). The van der Waals surface area contributed by atoms with Gasteiger partial charge in [0.1, 0.15) is 5.69 Å². The Kier molecular flexibility index (Phi) is 3.28. The molecule has 0 saturated heterocycles. The molecule has 3 N–H and O–H groups in total. The lowest BCUT2D eigenvalue weighted by Crippen LogP contribution is -2.06. The van der Waals surface area contributed by atoms with Gasteiger partial charge in [0.05, 0.1) is 17.1 Å². The van der Waals surface area contributed by atoms with Crippen molar-refractivity contribution in [2.75, 3.05) is 5.32 Å². The third-order valence-corrected chi connectivity index (χ3v) is 4.19. The van der Waals surface area contributed by atoms with Crippen LogP contribution in [0.3, 0.4) is 0 Å². The number of hydrogen-bond acceptors (Lipinski definition) is 4. The first-order chi connectivity index (χ1) is 11.5. The van der Waals surface area contributed by atoms with Gasteiger partial charge in [0, 0.05) is 22.2 Å². The number of fused-ring (bicyclic) bond motifs is 2. The maximum absolute atomic E-state index is 14.0. The van der Waals surface area contributed by atoms with Gasteiger partial charge < -0.3 is 10.4 Å². The number of nitrogens with one attached hydrogen (secondary N) is 2. The highest BCUT2D eigenvalue weighted by molar-refractivity contribution is 6.36. The van der Waals surface area contributed by atoms with Gasteiger partial charge in [-0.1, -0.05) is 29.8 Å². The van der Waals surface area contributed by atoms with Crippen molar-refractivity contribution in [1.29, 1.82) is 0 Å². The molecule has 0 saturated carbocycles. The number of phenols is 1. The molecule has 0 atom stereocenters. The summed E-state index contributed by atoms with van der Waals surface area (Å²) in [4.78, 5) is 4.67. The number of benzene rings is 2. The molecule has 2 heterocycles. The molecular formula is C17H12ClFN4O. The highest BCUT2D eigenvalue weighted by Crippen LogP contribution is 2.39. The third-order valence-electron chi connectivity index (χ3n) is 3.86. The molecule has 2 aromatic carbocycles. The predicted molar refractivity (Wildman–Crippen MR) is 91.4 cm³/mol. The topological polar surface area (TPSA) is 73.3 Å². The summed E-state index contributed by atoms with van der Waals surface area (Å²) in [5.74, 6) is -0.676. The zero-order valence-corrected chi connectivity index (χ0v) is 13.3. The average Bonchev–Trinajstić information content (AvgIpc) is 2.81. The lowest BCUT2D eigenvalue weighted by molar-refractivity contribution is 0.432. The fraction of sp³-hybridized carbons (Fsp3) is 0.0588. The van der Waals surface area contributed by atoms with E-state index >= 15 is 0 Å². The van der Waals surface area contributed by atoms with Crippen LogP contribution in [0.4, 0.5) is 21.6 Å². The number of aryl methyl sites for hydroxylation is 1. The number of halogens is 2. The van der Waals surface area contributed by atoms with Crippen molar-refractivity contribution in [3.63, 3.8) is 0 Å². The molecule has 1 aliphatic heterocycles. The Morgan fingerprint density at radius 3 is 2.75 bits per heavy atom. The number of rotatable bonds is 1. The van der Waals surface area contributed by atoms with Gasteiger partial charge in [-0.2, -0.15) is 5.10 Å². The normalized spacial score (nSPS) is 12.7. The molecule has 0 aliphatic carbocycles. The first kappa shape index (κ1) is 14.7. The van der Waals surface area contributed by atoms with E-state index in [0.29, 0.717) is 39.1 Å². The maximum Gasteiger partial charge on any atom is 0.178 e. The Hall–Kier alpha value is -2.86. The summed E-state index contributed by atoms with van der Waals surface area (Å²) in [6.45, 7) is 1.84. The molecular weight excluding hydrogens is 331 g/mol. The molecule has 0 fully saturated rings. The number of hydrogen-bond donors (Lipinski definition) is 3. The Bertz CT molecular complexity index is 996. The standard InChI is InChI=1S/C17H12ClFN4O/c1-8-15-17(23-22-8)20-13-7-14(24)12(19)6-10(13)16(21-15)9-4-2-3-5-11(9)18/h2-7,24H,1H3,(H2,20,22,23). The molecule has 5 nitrogen and oxygen atoms in total. The molecule has 3 aromatic rings. The van der Waals surface area contributed by atoms with Gasteiger partial charge in [0.15, 0.2) is 17.4 Å². The second-order valence-electron chi connectivity index (χ2n) is 5.46. The number of aliphatic imine (C=N–C) groups is 1. The number of aromatic amines is 1. The van der Waals surface area contributed by atoms with Gasteiger partial charge in [0.25, 0.3) is 0 Å². The van der Waals surface area contributed by atoms with Gasteiger partial charge in [-0.15, -0.1) is 0 Å². The monoisotopic (exact) mass is 342 g/mol. The highest BCUT2D eigenvalue weighted by Gasteiger charge is 2.24. The smallest absolute Gasteiger partial charge is 0.178 e. The molecule has 0 bridgehead atoms. The molecule has 0 radical (unpaired) electrons. The van der Waals surface area contributed by atoms with Crippen LogP contribution in [0, 0.1) is 12.7 Å². The molecule has 0 unspecified atom stereocenters. The second-order valence-corrected chi connectivity index (χ2v) is 5.87. The lowest BCUT2D eigenvalue weighted by atomic mass is 10.00. The fourth-order valence-corrected chi connectivity index (χ4v) is 2.89. The van der Waals surface area contributed by atoms with Crippen molar-refractivity contribution in [3.05, 3.63) is 64.1 Å². The van der Waals surface area contributed by atoms with Gasteiger partial charge in [-0.25, -0.2) is 9.38 Å². The van der Waals surface area contributed by atoms with Crippen molar-refractivity contribution in [3.8, 4) is 5.75 Å². The third kappa shape index (κ3) is 2.23. The minimum Gasteiger partial charge on any atom is -0.505 e. The number of nitrogens with zero attached hydrogens (tertiary/aromatic N) is 2. The second kappa shape index (κ2) is 5.35. The number of phenolic OH excluding ortho intramolecular Hbond substituents is 1. The van der Waals surface area contributed by atoms with Crippen molar-refractivity contribution < 1.29 is 9.50 Å². The molecule has 0 amide bonds. The Morgan fingerprint density at radius 2 is 1.96 bits per heavy atom. The summed E-state index contributed by atoms with van der Waals surface area (Å²) in [5.41, 5.74) is 3.54. The van der Waals surface area contributed by atoms with Crippen molar-refractivity contribution in [2.45, 2.75) is 6.92 Å². The minimum atomic E-state index is -0.729. The summed E-state index contributed by atoms with van der Waals surface area (Å²) in [7, 11) is 0. The van der Waals surface area contributed by atoms with E-state index in [-0.39, 0.29) is 0 Å². The van der Waals surface area contributed by atoms with Crippen LogP contribution in [0.2, 0.25) is 5.02 Å². The molecule has 7 heteroatoms. The lowest BCUT2D eigenvalue weighted by Gasteiger charge is -2.12. The number of H-pyrrole nitrogens is 1. The van der Waals surface area contributed by atoms with Crippen molar-refractivity contribution in [1.82, 2.24) is 10.2 Å². The largest absolute Gasteiger partial charge is 0.505 e. The van der Waals surface area contributed by atoms with Gasteiger partial charge in [0.2, 0.25) is 0 Å². The van der Waals surface area contributed by atoms with E-state index in [2.05, 4.69) is 20.5 Å². The van der Waals surface area contributed by atoms with E-state index in [9.17, 15) is 9.50 Å². The van der Waals surface area contributed by atoms with E-state index in [4.69, 9.17) is 11.6 Å². The Balaban J connectivity index is 2.06. The first-order valence-electron chi connectivity index (χ1n) is 7.23. The summed E-state index contributed by atoms with van der Waals surface area (Å²) in [6, 6.07) is 9.77. The summed E-state index contributed by atoms with van der Waals surface area (Å²) < 4.78 is 14.0. The van der Waals surface area contributed by atoms with Gasteiger partial charge in [-0.3, -0.25) is 5.10 Å². The van der Waals surface area contributed by atoms with Crippen LogP contribution in [-0.4, -0.2) is 21.0 Å². The van der Waals surface area contributed by atoms with E-state index in [1.807, 2.05) is 25.1 Å². The van der Waals surface area contributed by atoms with E-state index in [1.165, 1.54) is 12.1 Å². The number of aromatic hydroxyl groups is 1. The van der Waals surface area contributed by atoms with E-state index in [1.54, 1.807) is 6.07 Å². The predicted octanol–water partition coefficient (Wildman–Crippen LogP) is 4.44. The number of aromatic nitrogens is 2. The van der Waals surface area contributed by atoms with Crippen molar-refractivity contribution >= 4 is 34.5 Å². The number of anilines is 2. The Morgan fingerprint density at radius 1 is 1.17 bits per heavy atom. The van der Waals surface area contributed by atoms with Gasteiger partial charge >= 0.3 is 0 Å². The van der Waals surface area contributed by atoms with Gasteiger partial charge in [-0.05, 0) is 19.1 Å². The van der Waals surface area contributed by atoms with E-state index in [0.717, 1.165) is 5.69 Å². The fourth-order valence-electron chi connectivity index (χ4n) is 2.67. The Labute approximate surface area is 141 Å². The van der Waals surface area contributed by atoms with Crippen LogP contribution in [0.5, 0.6) is 5.75 Å². The van der Waals surface area contributed by atoms with E-state index < -0.39 is 11.6 Å². The van der Waals surface area contributed by atoms with Crippen LogP contribution in [0.15, 0.2) is 41.4 Å². The van der Waals surface area contributed by atoms with Crippen LogP contribution in [-0.2, 0) is 0 Å². The summed E-state index contributed by atoms with van der Waals surface area (Å²) >= 11 is 6.32. The minimum absolute atomic E-state index is 0.449. The van der Waals surface area contributed by atoms with Crippen LogP contribution in [0.25, 0.3) is 0 Å². The van der Waals surface area contributed by atoms with Crippen molar-refractivity contribution in [2.24, 2.45) is 4.99 Å². The molecule has 24 heavy (non-hydrogen) atoms. The zero-order valence-electron chi connectivity index (χ0n) is 12.6. The summed E-state index contributed by atoms with van der Waals surface area (Å²) in [6.07, 6.45) is 0. The average molecular weight is 343 g/mol. The first-order valence-corrected chi connectivity index (χ1v) is 7.61. The van der Waals surface area contributed by atoms with Crippen LogP contribution in [0.1, 0.15) is 16.8 Å². The molecule has 120 valence electrons. The highest BCUT2D eigenvalue weighted by atomic mass is 35.5. The quantitative estimate of drug-likeness (QED) is 0.478. The molecule has 0 spiro atoms. The summed E-state index contributed by atoms with van der Waals surface area (Å²) in [5, 5.41) is 20.3. The molecule has 1 aliphatic rings. The molecule has 1 aromatic heterocycles. The van der Waals surface area contributed by atoms with Crippen LogP contribution >= 0.6 is 11.6 Å². The van der Waals surface area contributed by atoms with Crippen LogP contribution < -0.4 is 5.32 Å². The maximum atomic E-state index is 14.0. The zero-order chi connectivity index (χ0) is 16.8.